The molecule has 0 aliphatic heterocycles. The summed E-state index contributed by atoms with van der Waals surface area (Å²) in [6.45, 7) is 6.60. The Hall–Kier alpha value is -2.11. The van der Waals surface area contributed by atoms with Gasteiger partial charge >= 0.3 is 17.9 Å². The Labute approximate surface area is 436 Å². The fraction of sp³-hybridized carbons (Fsp3) is 0.891. The number of carbonyl (C=O) groups excluding carboxylic acids is 3. The third kappa shape index (κ3) is 56.8. The lowest BCUT2D eigenvalue weighted by atomic mass is 10.0. The van der Waals surface area contributed by atoms with Crippen molar-refractivity contribution in [2.24, 2.45) is 0 Å². The molecule has 0 aromatic rings. The maximum Gasteiger partial charge on any atom is 0.306 e. The molecule has 0 fully saturated rings. The standard InChI is InChI=1S/C64H120O6/c1-4-7-10-13-16-19-22-24-25-26-27-28-29-30-31-32-33-34-35-36-37-38-39-41-42-45-48-51-54-57-63(66)69-60-61(59-68-62(65)56-53-50-47-44-21-18-15-12-9-6-3)70-64(67)58-55-52-49-46-43-40-23-20-17-14-11-8-5-2/h12,15,20,23,61H,4-11,13-14,16-19,21-22,24-60H2,1-3H3/b15-12-,23-20-. The molecule has 0 aromatic carbocycles. The fourth-order valence-corrected chi connectivity index (χ4v) is 9.44. The van der Waals surface area contributed by atoms with Gasteiger partial charge in [-0.25, -0.2) is 0 Å². The van der Waals surface area contributed by atoms with Crippen molar-refractivity contribution in [2.45, 2.75) is 354 Å². The van der Waals surface area contributed by atoms with Gasteiger partial charge in [-0.1, -0.05) is 289 Å². The number of hydrogen-bond donors (Lipinski definition) is 0. The predicted molar refractivity (Wildman–Crippen MR) is 303 cm³/mol. The maximum absolute atomic E-state index is 12.8. The lowest BCUT2D eigenvalue weighted by molar-refractivity contribution is -0.167. The van der Waals surface area contributed by atoms with Crippen LogP contribution in [0.5, 0.6) is 0 Å². The molecule has 0 radical (unpaired) electrons. The van der Waals surface area contributed by atoms with Crippen LogP contribution in [-0.4, -0.2) is 37.2 Å². The summed E-state index contributed by atoms with van der Waals surface area (Å²) in [4.78, 5) is 38.1. The number of rotatable bonds is 58. The third-order valence-corrected chi connectivity index (χ3v) is 14.2. The van der Waals surface area contributed by atoms with Crippen LogP contribution in [0.3, 0.4) is 0 Å². The highest BCUT2D eigenvalue weighted by Gasteiger charge is 2.19. The molecule has 412 valence electrons. The Morgan fingerprint density at radius 2 is 0.500 bits per heavy atom. The topological polar surface area (TPSA) is 78.9 Å². The van der Waals surface area contributed by atoms with Crippen molar-refractivity contribution in [1.29, 1.82) is 0 Å². The highest BCUT2D eigenvalue weighted by Crippen LogP contribution is 2.18. The Balaban J connectivity index is 4.05. The molecular weight excluding hydrogens is 865 g/mol. The van der Waals surface area contributed by atoms with Crippen molar-refractivity contribution in [2.75, 3.05) is 13.2 Å². The highest BCUT2D eigenvalue weighted by atomic mass is 16.6. The van der Waals surface area contributed by atoms with Crippen LogP contribution in [0.4, 0.5) is 0 Å². The lowest BCUT2D eigenvalue weighted by Crippen LogP contribution is -2.30. The maximum atomic E-state index is 12.8. The summed E-state index contributed by atoms with van der Waals surface area (Å²) in [6, 6.07) is 0. The van der Waals surface area contributed by atoms with E-state index in [1.807, 2.05) is 0 Å². The Bertz CT molecular complexity index is 1130. The van der Waals surface area contributed by atoms with E-state index in [0.717, 1.165) is 77.0 Å². The molecule has 0 saturated carbocycles. The minimum Gasteiger partial charge on any atom is -0.462 e. The van der Waals surface area contributed by atoms with Crippen molar-refractivity contribution in [3.05, 3.63) is 24.3 Å². The average molecular weight is 986 g/mol. The van der Waals surface area contributed by atoms with Gasteiger partial charge in [-0.05, 0) is 64.2 Å². The molecule has 0 heterocycles. The Morgan fingerprint density at radius 3 is 0.786 bits per heavy atom. The molecule has 6 nitrogen and oxygen atoms in total. The van der Waals surface area contributed by atoms with Crippen LogP contribution < -0.4 is 0 Å². The average Bonchev–Trinajstić information content (AvgIpc) is 3.36. The van der Waals surface area contributed by atoms with Crippen molar-refractivity contribution >= 4 is 17.9 Å². The summed E-state index contributed by atoms with van der Waals surface area (Å²) in [7, 11) is 0. The number of hydrogen-bond acceptors (Lipinski definition) is 6. The first-order valence-electron chi connectivity index (χ1n) is 31.3. The Kier molecular flexibility index (Phi) is 57.7. The number of unbranched alkanes of at least 4 members (excludes halogenated alkanes) is 43. The first-order valence-corrected chi connectivity index (χ1v) is 31.3. The zero-order valence-corrected chi connectivity index (χ0v) is 47.3. The van der Waals surface area contributed by atoms with E-state index in [1.165, 1.54) is 231 Å². The third-order valence-electron chi connectivity index (χ3n) is 14.2. The zero-order valence-electron chi connectivity index (χ0n) is 47.3. The molecule has 70 heavy (non-hydrogen) atoms. The van der Waals surface area contributed by atoms with E-state index in [0.29, 0.717) is 19.3 Å². The number of allylic oxidation sites excluding steroid dienone is 4. The van der Waals surface area contributed by atoms with E-state index in [4.69, 9.17) is 14.2 Å². The first-order chi connectivity index (χ1) is 34.5. The molecule has 0 aliphatic carbocycles. The first kappa shape index (κ1) is 67.9. The second-order valence-electron chi connectivity index (χ2n) is 21.3. The quantitative estimate of drug-likeness (QED) is 0.0261. The molecule has 1 unspecified atom stereocenters. The lowest BCUT2D eigenvalue weighted by Gasteiger charge is -2.18. The summed E-state index contributed by atoms with van der Waals surface area (Å²) < 4.78 is 16.8. The van der Waals surface area contributed by atoms with E-state index in [1.54, 1.807) is 0 Å². The summed E-state index contributed by atoms with van der Waals surface area (Å²) >= 11 is 0. The molecule has 0 saturated heterocycles. The number of ether oxygens (including phenoxy) is 3. The molecule has 0 aromatic heterocycles. The molecule has 0 bridgehead atoms. The monoisotopic (exact) mass is 985 g/mol. The molecule has 0 N–H and O–H groups in total. The molecule has 0 rings (SSSR count). The zero-order chi connectivity index (χ0) is 50.7. The normalized spacial score (nSPS) is 12.1. The summed E-state index contributed by atoms with van der Waals surface area (Å²) in [6.07, 6.45) is 70.7. The van der Waals surface area contributed by atoms with Gasteiger partial charge in [0.1, 0.15) is 13.2 Å². The molecular formula is C64H120O6. The van der Waals surface area contributed by atoms with Gasteiger partial charge in [0.05, 0.1) is 0 Å². The van der Waals surface area contributed by atoms with Gasteiger partial charge in [0.25, 0.3) is 0 Å². The highest BCUT2D eigenvalue weighted by molar-refractivity contribution is 5.71. The van der Waals surface area contributed by atoms with Crippen LogP contribution >= 0.6 is 0 Å². The van der Waals surface area contributed by atoms with Gasteiger partial charge in [-0.2, -0.15) is 0 Å². The predicted octanol–water partition coefficient (Wildman–Crippen LogP) is 21.1. The summed E-state index contributed by atoms with van der Waals surface area (Å²) in [5, 5.41) is 0. The smallest absolute Gasteiger partial charge is 0.306 e. The molecule has 0 spiro atoms. The second kappa shape index (κ2) is 59.5. The van der Waals surface area contributed by atoms with E-state index in [2.05, 4.69) is 45.1 Å². The van der Waals surface area contributed by atoms with Gasteiger partial charge in [-0.3, -0.25) is 14.4 Å². The molecule has 6 heteroatoms. The minimum absolute atomic E-state index is 0.0732. The van der Waals surface area contributed by atoms with E-state index >= 15 is 0 Å². The largest absolute Gasteiger partial charge is 0.462 e. The fourth-order valence-electron chi connectivity index (χ4n) is 9.44. The van der Waals surface area contributed by atoms with Crippen LogP contribution in [0.15, 0.2) is 24.3 Å². The van der Waals surface area contributed by atoms with Crippen LogP contribution in [0.25, 0.3) is 0 Å². The van der Waals surface area contributed by atoms with E-state index in [-0.39, 0.29) is 31.1 Å². The summed E-state index contributed by atoms with van der Waals surface area (Å²) in [5.74, 6) is -0.875. The van der Waals surface area contributed by atoms with Gasteiger partial charge in [0, 0.05) is 19.3 Å². The number of esters is 3. The van der Waals surface area contributed by atoms with Crippen LogP contribution in [0, 0.1) is 0 Å². The van der Waals surface area contributed by atoms with Gasteiger partial charge in [0.15, 0.2) is 6.10 Å². The molecule has 1 atom stereocenters. The van der Waals surface area contributed by atoms with Crippen LogP contribution in [0.1, 0.15) is 348 Å². The van der Waals surface area contributed by atoms with E-state index in [9.17, 15) is 14.4 Å². The molecule has 0 aliphatic rings. The van der Waals surface area contributed by atoms with Crippen LogP contribution in [0.2, 0.25) is 0 Å². The van der Waals surface area contributed by atoms with E-state index < -0.39 is 6.10 Å². The van der Waals surface area contributed by atoms with Gasteiger partial charge in [-0.15, -0.1) is 0 Å². The van der Waals surface area contributed by atoms with Crippen LogP contribution in [-0.2, 0) is 28.6 Å². The molecule has 0 amide bonds. The SMILES string of the molecule is CCC/C=C\CCCCCCCC(=O)OCC(COC(=O)CCCCCCCCCCCCCCCCCCCCCCCCCCCCCCC)OC(=O)CCCCCCC/C=C\CCCCCC. The number of carbonyl (C=O) groups is 3. The summed E-state index contributed by atoms with van der Waals surface area (Å²) in [5.41, 5.74) is 0. The Morgan fingerprint density at radius 1 is 0.271 bits per heavy atom. The second-order valence-corrected chi connectivity index (χ2v) is 21.3. The minimum atomic E-state index is -0.775. The van der Waals surface area contributed by atoms with Gasteiger partial charge < -0.3 is 14.2 Å². The van der Waals surface area contributed by atoms with Gasteiger partial charge in [0.2, 0.25) is 0 Å². The van der Waals surface area contributed by atoms with Crippen molar-refractivity contribution in [3.63, 3.8) is 0 Å². The van der Waals surface area contributed by atoms with Crippen molar-refractivity contribution in [3.8, 4) is 0 Å². The van der Waals surface area contributed by atoms with Crippen molar-refractivity contribution < 1.29 is 28.6 Å². The van der Waals surface area contributed by atoms with Crippen molar-refractivity contribution in [1.82, 2.24) is 0 Å².